The second kappa shape index (κ2) is 6.97. The van der Waals surface area contributed by atoms with Gasteiger partial charge in [-0.25, -0.2) is 9.59 Å². The minimum atomic E-state index is -1.28. The quantitative estimate of drug-likeness (QED) is 0.749. The van der Waals surface area contributed by atoms with Gasteiger partial charge in [-0.05, 0) is 26.3 Å². The summed E-state index contributed by atoms with van der Waals surface area (Å²) in [6.07, 6.45) is 0.295. The number of carboxylic acids is 1. The second-order valence-corrected chi connectivity index (χ2v) is 5.11. The van der Waals surface area contributed by atoms with Crippen LogP contribution in [0.4, 0.5) is 4.79 Å². The zero-order valence-electron chi connectivity index (χ0n) is 12.8. The minimum Gasteiger partial charge on any atom is -0.496 e. The lowest BCUT2D eigenvalue weighted by atomic mass is 10.00. The van der Waals surface area contributed by atoms with Gasteiger partial charge in [0.1, 0.15) is 11.3 Å². The van der Waals surface area contributed by atoms with E-state index in [-0.39, 0.29) is 6.54 Å². The first-order valence-electron chi connectivity index (χ1n) is 6.75. The number of carbonyl (C=O) groups excluding carboxylic acids is 1. The molecule has 0 aliphatic heterocycles. The normalized spacial score (nSPS) is 13.1. The van der Waals surface area contributed by atoms with Crippen LogP contribution in [0.2, 0.25) is 0 Å². The first-order chi connectivity index (χ1) is 9.82. The van der Waals surface area contributed by atoms with E-state index in [9.17, 15) is 9.59 Å². The molecule has 3 N–H and O–H groups in total. The van der Waals surface area contributed by atoms with E-state index < -0.39 is 17.5 Å². The van der Waals surface area contributed by atoms with Crippen LogP contribution in [-0.2, 0) is 11.3 Å². The maximum atomic E-state index is 11.9. The van der Waals surface area contributed by atoms with Gasteiger partial charge in [0.2, 0.25) is 0 Å². The van der Waals surface area contributed by atoms with Gasteiger partial charge < -0.3 is 20.5 Å². The number of methoxy groups -OCH3 is 1. The summed E-state index contributed by atoms with van der Waals surface area (Å²) in [7, 11) is 1.56. The van der Waals surface area contributed by atoms with Crippen LogP contribution in [0.15, 0.2) is 18.2 Å². The molecule has 6 heteroatoms. The van der Waals surface area contributed by atoms with E-state index in [1.165, 1.54) is 6.92 Å². The highest BCUT2D eigenvalue weighted by atomic mass is 16.5. The Labute approximate surface area is 124 Å². The van der Waals surface area contributed by atoms with Crippen molar-refractivity contribution in [3.63, 3.8) is 0 Å². The number of amides is 2. The Morgan fingerprint density at radius 2 is 2.05 bits per heavy atom. The van der Waals surface area contributed by atoms with Crippen molar-refractivity contribution < 1.29 is 19.4 Å². The number of carboxylic acid groups (broad SMARTS) is 1. The van der Waals surface area contributed by atoms with Crippen molar-refractivity contribution in [3.05, 3.63) is 29.3 Å². The Bertz CT molecular complexity index is 530. The molecule has 1 atom stereocenters. The van der Waals surface area contributed by atoms with Crippen molar-refractivity contribution in [2.75, 3.05) is 7.11 Å². The monoisotopic (exact) mass is 294 g/mol. The number of benzene rings is 1. The van der Waals surface area contributed by atoms with Crippen molar-refractivity contribution in [2.24, 2.45) is 0 Å². The Morgan fingerprint density at radius 1 is 1.38 bits per heavy atom. The highest BCUT2D eigenvalue weighted by molar-refractivity contribution is 5.85. The molecule has 0 saturated heterocycles. The molecule has 1 aromatic rings. The predicted molar refractivity (Wildman–Crippen MR) is 79.4 cm³/mol. The van der Waals surface area contributed by atoms with E-state index in [1.807, 2.05) is 25.1 Å². The van der Waals surface area contributed by atoms with Crippen LogP contribution in [0, 0.1) is 6.92 Å². The predicted octanol–water partition coefficient (Wildman–Crippen LogP) is 2.06. The molecular formula is C15H22N2O4. The molecule has 1 rings (SSSR count). The fourth-order valence-electron chi connectivity index (χ4n) is 1.81. The molecular weight excluding hydrogens is 272 g/mol. The minimum absolute atomic E-state index is 0.260. The topological polar surface area (TPSA) is 87.7 Å². The van der Waals surface area contributed by atoms with Crippen molar-refractivity contribution in [1.29, 1.82) is 0 Å². The zero-order valence-corrected chi connectivity index (χ0v) is 12.8. The SMILES string of the molecule is CCC(C)(NC(=O)NCc1cc(C)ccc1OC)C(=O)O. The molecule has 21 heavy (non-hydrogen) atoms. The fraction of sp³-hybridized carbons (Fsp3) is 0.467. The summed E-state index contributed by atoms with van der Waals surface area (Å²) >= 11 is 0. The zero-order chi connectivity index (χ0) is 16.0. The van der Waals surface area contributed by atoms with Gasteiger partial charge in [-0.3, -0.25) is 0 Å². The van der Waals surface area contributed by atoms with Gasteiger partial charge in [-0.15, -0.1) is 0 Å². The number of carbonyl (C=O) groups is 2. The summed E-state index contributed by atoms with van der Waals surface area (Å²) in [5.74, 6) is -0.384. The Hall–Kier alpha value is -2.24. The summed E-state index contributed by atoms with van der Waals surface area (Å²) in [4.78, 5) is 23.0. The maximum absolute atomic E-state index is 11.9. The molecule has 0 spiro atoms. The van der Waals surface area contributed by atoms with Gasteiger partial charge in [0.25, 0.3) is 0 Å². The summed E-state index contributed by atoms with van der Waals surface area (Å²) < 4.78 is 5.23. The third-order valence-corrected chi connectivity index (χ3v) is 3.44. The molecule has 0 fully saturated rings. The third-order valence-electron chi connectivity index (χ3n) is 3.44. The summed E-state index contributed by atoms with van der Waals surface area (Å²) in [5, 5.41) is 14.2. The molecule has 1 aromatic carbocycles. The van der Waals surface area contributed by atoms with Crippen LogP contribution in [0.3, 0.4) is 0 Å². The van der Waals surface area contributed by atoms with E-state index in [4.69, 9.17) is 9.84 Å². The molecule has 2 amide bonds. The molecule has 0 aliphatic rings. The maximum Gasteiger partial charge on any atom is 0.329 e. The van der Waals surface area contributed by atoms with E-state index in [0.29, 0.717) is 12.2 Å². The molecule has 0 aromatic heterocycles. The molecule has 116 valence electrons. The highest BCUT2D eigenvalue weighted by Crippen LogP contribution is 2.19. The van der Waals surface area contributed by atoms with Crippen molar-refractivity contribution in [1.82, 2.24) is 10.6 Å². The number of hydrogen-bond donors (Lipinski definition) is 3. The molecule has 0 aliphatic carbocycles. The van der Waals surface area contributed by atoms with Crippen LogP contribution >= 0.6 is 0 Å². The van der Waals surface area contributed by atoms with Gasteiger partial charge in [0.15, 0.2) is 0 Å². The van der Waals surface area contributed by atoms with E-state index in [1.54, 1.807) is 14.0 Å². The Kier molecular flexibility index (Phi) is 5.58. The first kappa shape index (κ1) is 16.8. The van der Waals surface area contributed by atoms with Crippen molar-refractivity contribution in [3.8, 4) is 5.75 Å². The van der Waals surface area contributed by atoms with Gasteiger partial charge in [0, 0.05) is 12.1 Å². The summed E-state index contributed by atoms with van der Waals surface area (Å²) in [6.45, 7) is 5.39. The number of urea groups is 1. The number of nitrogens with one attached hydrogen (secondary N) is 2. The smallest absolute Gasteiger partial charge is 0.329 e. The van der Waals surface area contributed by atoms with Crippen LogP contribution in [-0.4, -0.2) is 29.8 Å². The Morgan fingerprint density at radius 3 is 2.57 bits per heavy atom. The van der Waals surface area contributed by atoms with Crippen molar-refractivity contribution >= 4 is 12.0 Å². The summed E-state index contributed by atoms with van der Waals surface area (Å²) in [6, 6.07) is 5.14. The van der Waals surface area contributed by atoms with Crippen LogP contribution in [0.25, 0.3) is 0 Å². The molecule has 1 unspecified atom stereocenters. The lowest BCUT2D eigenvalue weighted by molar-refractivity contribution is -0.143. The average molecular weight is 294 g/mol. The third kappa shape index (κ3) is 4.37. The molecule has 0 heterocycles. The molecule has 0 bridgehead atoms. The molecule has 0 saturated carbocycles. The van der Waals surface area contributed by atoms with Gasteiger partial charge in [-0.2, -0.15) is 0 Å². The van der Waals surface area contributed by atoms with Gasteiger partial charge in [-0.1, -0.05) is 24.6 Å². The number of ether oxygens (including phenoxy) is 1. The van der Waals surface area contributed by atoms with Crippen LogP contribution in [0.5, 0.6) is 5.75 Å². The van der Waals surface area contributed by atoms with E-state index >= 15 is 0 Å². The molecule has 0 radical (unpaired) electrons. The van der Waals surface area contributed by atoms with Gasteiger partial charge >= 0.3 is 12.0 Å². The first-order valence-corrected chi connectivity index (χ1v) is 6.75. The largest absolute Gasteiger partial charge is 0.496 e. The van der Waals surface area contributed by atoms with Gasteiger partial charge in [0.05, 0.1) is 7.11 Å². The number of aryl methyl sites for hydroxylation is 1. The second-order valence-electron chi connectivity index (χ2n) is 5.11. The molecule has 6 nitrogen and oxygen atoms in total. The van der Waals surface area contributed by atoms with E-state index in [0.717, 1.165) is 11.1 Å². The lowest BCUT2D eigenvalue weighted by Gasteiger charge is -2.24. The van der Waals surface area contributed by atoms with Crippen LogP contribution < -0.4 is 15.4 Å². The highest BCUT2D eigenvalue weighted by Gasteiger charge is 2.32. The Balaban J connectivity index is 2.69. The van der Waals surface area contributed by atoms with Crippen molar-refractivity contribution in [2.45, 2.75) is 39.3 Å². The summed E-state index contributed by atoms with van der Waals surface area (Å²) in [5.41, 5.74) is 0.610. The van der Waals surface area contributed by atoms with E-state index in [2.05, 4.69) is 10.6 Å². The van der Waals surface area contributed by atoms with Crippen LogP contribution in [0.1, 0.15) is 31.4 Å². The fourth-order valence-corrected chi connectivity index (χ4v) is 1.81. The number of aliphatic carboxylic acids is 1. The lowest BCUT2D eigenvalue weighted by Crippen LogP contribution is -2.54. The number of rotatable bonds is 6. The average Bonchev–Trinajstić information content (AvgIpc) is 2.44. The number of hydrogen-bond acceptors (Lipinski definition) is 3. The standard InChI is InChI=1S/C15H22N2O4/c1-5-15(3,13(18)19)17-14(20)16-9-11-8-10(2)6-7-12(11)21-4/h6-8H,5,9H2,1-4H3,(H,18,19)(H2,16,17,20).